The average molecular weight is 219 g/mol. The van der Waals surface area contributed by atoms with Gasteiger partial charge in [-0.3, -0.25) is 0 Å². The number of phenols is 1. The summed E-state index contributed by atoms with van der Waals surface area (Å²) in [4.78, 5) is 0. The average Bonchev–Trinajstić information content (AvgIpc) is 2.74. The van der Waals surface area contributed by atoms with E-state index in [-0.39, 0.29) is 0 Å². The van der Waals surface area contributed by atoms with Crippen LogP contribution in [0.2, 0.25) is 0 Å². The van der Waals surface area contributed by atoms with Gasteiger partial charge in [-0.2, -0.15) is 0 Å². The van der Waals surface area contributed by atoms with E-state index in [2.05, 4.69) is 31.3 Å². The third-order valence-corrected chi connectivity index (χ3v) is 3.60. The van der Waals surface area contributed by atoms with E-state index in [1.807, 2.05) is 0 Å². The molecule has 0 bridgehead atoms. The molecule has 0 aliphatic carbocycles. The highest BCUT2D eigenvalue weighted by Gasteiger charge is 2.28. The first kappa shape index (κ1) is 11.5. The highest BCUT2D eigenvalue weighted by molar-refractivity contribution is 5.29. The molecule has 0 radical (unpaired) electrons. The van der Waals surface area contributed by atoms with Crippen LogP contribution in [0.3, 0.4) is 0 Å². The number of hydrogen-bond donors (Lipinski definition) is 2. The van der Waals surface area contributed by atoms with E-state index in [4.69, 9.17) is 0 Å². The molecule has 1 fully saturated rings. The molecule has 0 aromatic heterocycles. The highest BCUT2D eigenvalue weighted by Crippen LogP contribution is 2.35. The third kappa shape index (κ3) is 2.38. The Hall–Kier alpha value is -1.02. The van der Waals surface area contributed by atoms with Crippen molar-refractivity contribution in [1.82, 2.24) is 5.32 Å². The van der Waals surface area contributed by atoms with Gasteiger partial charge in [0, 0.05) is 0 Å². The molecule has 0 spiro atoms. The van der Waals surface area contributed by atoms with Gasteiger partial charge in [-0.15, -0.1) is 0 Å². The molecule has 1 aliphatic rings. The Morgan fingerprint density at radius 2 is 1.94 bits per heavy atom. The number of benzene rings is 1. The minimum absolute atomic E-state index is 0.357. The van der Waals surface area contributed by atoms with Crippen LogP contribution in [0.1, 0.15) is 31.7 Å². The standard InChI is InChI=1S/C14H21NO/c1-10(2)14(12-7-8-15-9-12)11-3-5-13(16)6-4-11/h3-6,10,12,14-16H,7-9H2,1-2H3. The van der Waals surface area contributed by atoms with E-state index in [0.29, 0.717) is 17.6 Å². The number of nitrogens with one attached hydrogen (secondary N) is 1. The van der Waals surface area contributed by atoms with Crippen LogP contribution >= 0.6 is 0 Å². The Morgan fingerprint density at radius 3 is 2.44 bits per heavy atom. The summed E-state index contributed by atoms with van der Waals surface area (Å²) in [5.74, 6) is 2.35. The summed E-state index contributed by atoms with van der Waals surface area (Å²) in [5.41, 5.74) is 1.36. The molecular formula is C14H21NO. The first-order chi connectivity index (χ1) is 7.68. The summed E-state index contributed by atoms with van der Waals surface area (Å²) in [6.45, 7) is 6.85. The summed E-state index contributed by atoms with van der Waals surface area (Å²) in [6.07, 6.45) is 1.27. The lowest BCUT2D eigenvalue weighted by atomic mass is 9.78. The second-order valence-electron chi connectivity index (χ2n) is 5.11. The summed E-state index contributed by atoms with van der Waals surface area (Å²) in [7, 11) is 0. The molecule has 1 saturated heterocycles. The fourth-order valence-corrected chi connectivity index (χ4v) is 2.88. The van der Waals surface area contributed by atoms with Crippen molar-refractivity contribution < 1.29 is 5.11 Å². The van der Waals surface area contributed by atoms with Gasteiger partial charge in [0.25, 0.3) is 0 Å². The lowest BCUT2D eigenvalue weighted by Gasteiger charge is -2.27. The normalized spacial score (nSPS) is 22.6. The molecule has 1 aromatic rings. The molecule has 1 aromatic carbocycles. The molecule has 2 N–H and O–H groups in total. The maximum Gasteiger partial charge on any atom is 0.115 e. The van der Waals surface area contributed by atoms with Crippen LogP contribution < -0.4 is 5.32 Å². The zero-order valence-corrected chi connectivity index (χ0v) is 10.1. The zero-order chi connectivity index (χ0) is 11.5. The van der Waals surface area contributed by atoms with Crippen molar-refractivity contribution in [3.63, 3.8) is 0 Å². The van der Waals surface area contributed by atoms with Crippen molar-refractivity contribution in [2.75, 3.05) is 13.1 Å². The maximum absolute atomic E-state index is 9.33. The van der Waals surface area contributed by atoms with E-state index in [9.17, 15) is 5.11 Å². The Morgan fingerprint density at radius 1 is 1.25 bits per heavy atom. The second kappa shape index (κ2) is 4.88. The quantitative estimate of drug-likeness (QED) is 0.819. The number of hydrogen-bond acceptors (Lipinski definition) is 2. The van der Waals surface area contributed by atoms with E-state index in [1.165, 1.54) is 12.0 Å². The van der Waals surface area contributed by atoms with E-state index >= 15 is 0 Å². The van der Waals surface area contributed by atoms with E-state index in [0.717, 1.165) is 19.0 Å². The molecule has 16 heavy (non-hydrogen) atoms. The first-order valence-corrected chi connectivity index (χ1v) is 6.18. The predicted octanol–water partition coefficient (Wildman–Crippen LogP) is 2.74. The van der Waals surface area contributed by atoms with Crippen LogP contribution in [0.25, 0.3) is 0 Å². The molecule has 1 aliphatic heterocycles. The van der Waals surface area contributed by atoms with Crippen LogP contribution in [-0.4, -0.2) is 18.2 Å². The van der Waals surface area contributed by atoms with Gasteiger partial charge < -0.3 is 10.4 Å². The van der Waals surface area contributed by atoms with Crippen LogP contribution in [0.5, 0.6) is 5.75 Å². The third-order valence-electron chi connectivity index (χ3n) is 3.60. The van der Waals surface area contributed by atoms with Crippen molar-refractivity contribution >= 4 is 0 Å². The summed E-state index contributed by atoms with van der Waals surface area (Å²) < 4.78 is 0. The van der Waals surface area contributed by atoms with Gasteiger partial charge in [0.05, 0.1) is 0 Å². The monoisotopic (exact) mass is 219 g/mol. The first-order valence-electron chi connectivity index (χ1n) is 6.18. The Balaban J connectivity index is 2.21. The van der Waals surface area contributed by atoms with E-state index < -0.39 is 0 Å². The van der Waals surface area contributed by atoms with Crippen LogP contribution in [0.4, 0.5) is 0 Å². The molecule has 0 amide bonds. The molecule has 1 heterocycles. The Kier molecular flexibility index (Phi) is 3.49. The predicted molar refractivity (Wildman–Crippen MR) is 66.7 cm³/mol. The number of aromatic hydroxyl groups is 1. The van der Waals surface area contributed by atoms with Gasteiger partial charge in [-0.25, -0.2) is 0 Å². The molecule has 2 atom stereocenters. The van der Waals surface area contributed by atoms with Crippen molar-refractivity contribution in [3.05, 3.63) is 29.8 Å². The number of phenolic OH excluding ortho intramolecular Hbond substituents is 1. The highest BCUT2D eigenvalue weighted by atomic mass is 16.3. The number of rotatable bonds is 3. The largest absolute Gasteiger partial charge is 0.508 e. The fraction of sp³-hybridized carbons (Fsp3) is 0.571. The van der Waals surface area contributed by atoms with Gasteiger partial charge in [-0.05, 0) is 55.0 Å². The minimum Gasteiger partial charge on any atom is -0.508 e. The minimum atomic E-state index is 0.357. The van der Waals surface area contributed by atoms with Gasteiger partial charge in [-0.1, -0.05) is 26.0 Å². The van der Waals surface area contributed by atoms with Crippen LogP contribution in [-0.2, 0) is 0 Å². The van der Waals surface area contributed by atoms with Gasteiger partial charge in [0.1, 0.15) is 5.75 Å². The molecule has 2 heteroatoms. The molecule has 88 valence electrons. The summed E-state index contributed by atoms with van der Waals surface area (Å²) in [6, 6.07) is 7.73. The topological polar surface area (TPSA) is 32.3 Å². The van der Waals surface area contributed by atoms with Gasteiger partial charge in [0.15, 0.2) is 0 Å². The molecule has 2 rings (SSSR count). The van der Waals surface area contributed by atoms with E-state index in [1.54, 1.807) is 12.1 Å². The molecular weight excluding hydrogens is 198 g/mol. The summed E-state index contributed by atoms with van der Waals surface area (Å²) in [5, 5.41) is 12.8. The SMILES string of the molecule is CC(C)C(c1ccc(O)cc1)C1CCNC1. The summed E-state index contributed by atoms with van der Waals surface area (Å²) >= 11 is 0. The van der Waals surface area contributed by atoms with Crippen molar-refractivity contribution in [2.24, 2.45) is 11.8 Å². The maximum atomic E-state index is 9.33. The smallest absolute Gasteiger partial charge is 0.115 e. The molecule has 0 saturated carbocycles. The van der Waals surface area contributed by atoms with Crippen LogP contribution in [0.15, 0.2) is 24.3 Å². The fourth-order valence-electron chi connectivity index (χ4n) is 2.88. The lowest BCUT2D eigenvalue weighted by molar-refractivity contribution is 0.363. The molecule has 2 nitrogen and oxygen atoms in total. The van der Waals surface area contributed by atoms with Crippen molar-refractivity contribution in [1.29, 1.82) is 0 Å². The Bertz CT molecular complexity index is 325. The Labute approximate surface area is 97.7 Å². The lowest BCUT2D eigenvalue weighted by Crippen LogP contribution is -2.20. The van der Waals surface area contributed by atoms with Gasteiger partial charge >= 0.3 is 0 Å². The zero-order valence-electron chi connectivity index (χ0n) is 10.1. The van der Waals surface area contributed by atoms with Crippen molar-refractivity contribution in [3.8, 4) is 5.75 Å². The van der Waals surface area contributed by atoms with Crippen LogP contribution in [0, 0.1) is 11.8 Å². The second-order valence-corrected chi connectivity index (χ2v) is 5.11. The van der Waals surface area contributed by atoms with Gasteiger partial charge in [0.2, 0.25) is 0 Å². The van der Waals surface area contributed by atoms with Crippen molar-refractivity contribution in [2.45, 2.75) is 26.2 Å². The molecule has 2 unspecified atom stereocenters.